The van der Waals surface area contributed by atoms with Crippen LogP contribution < -0.4 is 10.9 Å². The normalized spacial score (nSPS) is 14.0. The molecule has 0 aliphatic heterocycles. The fourth-order valence-corrected chi connectivity index (χ4v) is 4.47. The van der Waals surface area contributed by atoms with Gasteiger partial charge in [-0.25, -0.2) is 8.78 Å². The van der Waals surface area contributed by atoms with Gasteiger partial charge < -0.3 is 10.8 Å². The molecule has 0 radical (unpaired) electrons. The molecular formula is C21H28F2N2O2S2. The van der Waals surface area contributed by atoms with Gasteiger partial charge in [0.15, 0.2) is 0 Å². The van der Waals surface area contributed by atoms with Crippen molar-refractivity contribution in [2.75, 3.05) is 0 Å². The molecule has 1 saturated carbocycles. The van der Waals surface area contributed by atoms with Crippen molar-refractivity contribution < 1.29 is 18.7 Å². The van der Waals surface area contributed by atoms with Gasteiger partial charge in [-0.15, -0.1) is 11.3 Å². The van der Waals surface area contributed by atoms with Gasteiger partial charge in [-0.3, -0.25) is 9.93 Å². The number of nitrogens with two attached hydrogens (primary N) is 2. The van der Waals surface area contributed by atoms with Gasteiger partial charge in [-0.2, -0.15) is 0 Å². The minimum Gasteiger partial charge on any atom is -0.385 e. The average molecular weight is 443 g/mol. The van der Waals surface area contributed by atoms with Crippen LogP contribution in [0.15, 0.2) is 22.4 Å². The molecule has 1 fully saturated rings. The number of hydrogen-bond acceptors (Lipinski definition) is 5. The highest BCUT2D eigenvalue weighted by Gasteiger charge is 2.28. The lowest BCUT2D eigenvalue weighted by atomic mass is 9.89. The minimum atomic E-state index is -0.987. The number of rotatable bonds is 6. The van der Waals surface area contributed by atoms with E-state index in [2.05, 4.69) is 0 Å². The van der Waals surface area contributed by atoms with Crippen molar-refractivity contribution in [3.63, 3.8) is 0 Å². The van der Waals surface area contributed by atoms with Crippen molar-refractivity contribution in [3.05, 3.63) is 51.4 Å². The largest absolute Gasteiger partial charge is 0.385 e. The first-order valence-corrected chi connectivity index (χ1v) is 11.1. The van der Waals surface area contributed by atoms with Gasteiger partial charge in [0.25, 0.3) is 0 Å². The zero-order chi connectivity index (χ0) is 21.9. The van der Waals surface area contributed by atoms with Crippen LogP contribution in [0.3, 0.4) is 0 Å². The molecule has 0 spiro atoms. The highest BCUT2D eigenvalue weighted by atomic mass is 32.2. The number of carbonyl (C=O) groups is 1. The van der Waals surface area contributed by atoms with Crippen LogP contribution >= 0.6 is 23.3 Å². The zero-order valence-corrected chi connectivity index (χ0v) is 18.7. The molecule has 5 N–H and O–H groups in total. The topological polar surface area (TPSA) is 89.3 Å². The Hall–Kier alpha value is -1.48. The van der Waals surface area contributed by atoms with E-state index in [0.29, 0.717) is 15.0 Å². The van der Waals surface area contributed by atoms with Crippen molar-refractivity contribution in [1.29, 1.82) is 0 Å². The second kappa shape index (κ2) is 9.55. The maximum absolute atomic E-state index is 13.6. The predicted molar refractivity (Wildman–Crippen MR) is 115 cm³/mol. The summed E-state index contributed by atoms with van der Waals surface area (Å²) in [5.41, 5.74) is 7.17. The van der Waals surface area contributed by atoms with E-state index >= 15 is 0 Å². The van der Waals surface area contributed by atoms with E-state index in [9.17, 15) is 18.7 Å². The van der Waals surface area contributed by atoms with Gasteiger partial charge >= 0.3 is 0 Å². The highest BCUT2D eigenvalue weighted by Crippen LogP contribution is 2.43. The Kier molecular flexibility index (Phi) is 7.84. The van der Waals surface area contributed by atoms with E-state index in [1.165, 1.54) is 23.5 Å². The summed E-state index contributed by atoms with van der Waals surface area (Å²) in [6, 6.07) is 4.43. The maximum atomic E-state index is 13.6. The van der Waals surface area contributed by atoms with Gasteiger partial charge in [-0.1, -0.05) is 13.8 Å². The standard InChI is InChI=1S/C14H18FNO.C7H10FNOS2/c1-8(2)11-5-10(15)6-12(9-3-4-9)13(11)7-14(16)17;1-7(2,10)5-3-4(8)6(11-5)12-9/h5-6,8-9H,3-4,7H2,1-2H3,(H2,16,17);3,10H,9H2,1-2H3. The summed E-state index contributed by atoms with van der Waals surface area (Å²) >= 11 is 2.04. The van der Waals surface area contributed by atoms with Crippen LogP contribution in [0.25, 0.3) is 0 Å². The minimum absolute atomic E-state index is 0.205. The highest BCUT2D eigenvalue weighted by molar-refractivity contribution is 7.99. The maximum Gasteiger partial charge on any atom is 0.221 e. The first kappa shape index (κ1) is 23.8. The number of primary amides is 1. The number of carbonyl (C=O) groups excluding carboxylic acids is 1. The van der Waals surface area contributed by atoms with Crippen LogP contribution in [-0.2, 0) is 16.8 Å². The Morgan fingerprint density at radius 2 is 1.93 bits per heavy atom. The Labute approximate surface area is 178 Å². The molecular weight excluding hydrogens is 414 g/mol. The Bertz CT molecular complexity index is 849. The van der Waals surface area contributed by atoms with E-state index in [0.717, 1.165) is 41.5 Å². The number of hydrogen-bond donors (Lipinski definition) is 3. The number of amides is 1. The average Bonchev–Trinajstić information content (AvgIpc) is 3.37. The van der Waals surface area contributed by atoms with Gasteiger partial charge in [0.2, 0.25) is 5.91 Å². The predicted octanol–water partition coefficient (Wildman–Crippen LogP) is 4.93. The second-order valence-electron chi connectivity index (χ2n) is 8.06. The van der Waals surface area contributed by atoms with Gasteiger partial charge in [0.1, 0.15) is 15.8 Å². The van der Waals surface area contributed by atoms with Crippen LogP contribution in [0.4, 0.5) is 8.78 Å². The third-order valence-electron chi connectivity index (χ3n) is 4.64. The third-order valence-corrected chi connectivity index (χ3v) is 6.80. The summed E-state index contributed by atoms with van der Waals surface area (Å²) in [7, 11) is 0. The van der Waals surface area contributed by atoms with Crippen molar-refractivity contribution in [1.82, 2.24) is 0 Å². The SMILES string of the molecule is CC(C)(O)c1cc(F)c(SN)s1.CC(C)c1cc(F)cc(C2CC2)c1CC(N)=O. The summed E-state index contributed by atoms with van der Waals surface area (Å²) in [6.45, 7) is 7.25. The molecule has 0 unspecified atom stereocenters. The number of thiophene rings is 1. The first-order chi connectivity index (χ1) is 13.4. The quantitative estimate of drug-likeness (QED) is 0.553. The zero-order valence-electron chi connectivity index (χ0n) is 17.1. The van der Waals surface area contributed by atoms with Crippen LogP contribution in [0.2, 0.25) is 0 Å². The molecule has 0 bridgehead atoms. The van der Waals surface area contributed by atoms with Gasteiger partial charge in [-0.05, 0) is 85.4 Å². The van der Waals surface area contributed by atoms with Gasteiger partial charge in [0.05, 0.1) is 12.0 Å². The lowest BCUT2D eigenvalue weighted by molar-refractivity contribution is -0.117. The van der Waals surface area contributed by atoms with Crippen LogP contribution in [0.1, 0.15) is 73.9 Å². The fraction of sp³-hybridized carbons (Fsp3) is 0.476. The molecule has 0 saturated heterocycles. The molecule has 8 heteroatoms. The Morgan fingerprint density at radius 3 is 2.31 bits per heavy atom. The Morgan fingerprint density at radius 1 is 1.31 bits per heavy atom. The van der Waals surface area contributed by atoms with Crippen molar-refractivity contribution in [3.8, 4) is 0 Å². The molecule has 3 rings (SSSR count). The molecule has 0 atom stereocenters. The van der Waals surface area contributed by atoms with Crippen molar-refractivity contribution in [2.24, 2.45) is 10.9 Å². The van der Waals surface area contributed by atoms with Gasteiger partial charge in [0, 0.05) is 4.88 Å². The molecule has 1 aromatic heterocycles. The monoisotopic (exact) mass is 442 g/mol. The number of benzene rings is 1. The smallest absolute Gasteiger partial charge is 0.221 e. The van der Waals surface area contributed by atoms with E-state index in [-0.39, 0.29) is 29.9 Å². The molecule has 1 amide bonds. The van der Waals surface area contributed by atoms with E-state index in [4.69, 9.17) is 10.9 Å². The summed E-state index contributed by atoms with van der Waals surface area (Å²) in [5, 5.41) is 14.7. The van der Waals surface area contributed by atoms with Crippen molar-refractivity contribution >= 4 is 29.2 Å². The number of halogens is 2. The summed E-state index contributed by atoms with van der Waals surface area (Å²) in [6.07, 6.45) is 2.40. The molecule has 2 aromatic rings. The first-order valence-electron chi connectivity index (χ1n) is 9.43. The lowest BCUT2D eigenvalue weighted by Crippen LogP contribution is -2.17. The summed E-state index contributed by atoms with van der Waals surface area (Å²) in [4.78, 5) is 11.7. The molecule has 29 heavy (non-hydrogen) atoms. The molecule has 1 aromatic carbocycles. The molecule has 4 nitrogen and oxygen atoms in total. The van der Waals surface area contributed by atoms with E-state index < -0.39 is 5.60 Å². The van der Waals surface area contributed by atoms with Crippen LogP contribution in [0.5, 0.6) is 0 Å². The van der Waals surface area contributed by atoms with Crippen molar-refractivity contribution in [2.45, 2.75) is 68.6 Å². The Balaban J connectivity index is 0.000000221. The summed E-state index contributed by atoms with van der Waals surface area (Å²) in [5.74, 6) is -0.274. The molecule has 1 heterocycles. The molecule has 1 aliphatic carbocycles. The molecule has 160 valence electrons. The van der Waals surface area contributed by atoms with E-state index in [1.807, 2.05) is 13.8 Å². The number of aliphatic hydroxyl groups is 1. The van der Waals surface area contributed by atoms with Crippen LogP contribution in [0, 0.1) is 11.6 Å². The summed E-state index contributed by atoms with van der Waals surface area (Å²) < 4.78 is 26.9. The third kappa shape index (κ3) is 6.50. The fourth-order valence-electron chi connectivity index (χ4n) is 3.07. The van der Waals surface area contributed by atoms with E-state index in [1.54, 1.807) is 19.9 Å². The lowest BCUT2D eigenvalue weighted by Gasteiger charge is -2.16. The molecule has 1 aliphatic rings. The van der Waals surface area contributed by atoms with Crippen LogP contribution in [-0.4, -0.2) is 11.0 Å². The second-order valence-corrected chi connectivity index (χ2v) is 10.0.